The summed E-state index contributed by atoms with van der Waals surface area (Å²) in [7, 11) is 0. The van der Waals surface area contributed by atoms with Crippen molar-refractivity contribution in [2.24, 2.45) is 17.3 Å². The van der Waals surface area contributed by atoms with E-state index in [1.807, 2.05) is 0 Å². The minimum absolute atomic E-state index is 0.837. The SMILES string of the molecule is CCC1CCC2(C1)CC2CBr. The summed E-state index contributed by atoms with van der Waals surface area (Å²) in [4.78, 5) is 0. The molecule has 2 fully saturated rings. The van der Waals surface area contributed by atoms with Crippen LogP contribution in [0.3, 0.4) is 0 Å². The highest BCUT2D eigenvalue weighted by Gasteiger charge is 2.55. The fourth-order valence-corrected chi connectivity index (χ4v) is 3.74. The van der Waals surface area contributed by atoms with Crippen LogP contribution in [-0.4, -0.2) is 5.33 Å². The number of hydrogen-bond donors (Lipinski definition) is 0. The lowest BCUT2D eigenvalue weighted by Gasteiger charge is -2.07. The molecule has 0 saturated heterocycles. The zero-order valence-electron chi connectivity index (χ0n) is 7.28. The van der Waals surface area contributed by atoms with Crippen molar-refractivity contribution in [1.82, 2.24) is 0 Å². The summed E-state index contributed by atoms with van der Waals surface area (Å²) < 4.78 is 0. The molecule has 3 atom stereocenters. The van der Waals surface area contributed by atoms with Crippen LogP contribution in [0.5, 0.6) is 0 Å². The maximum Gasteiger partial charge on any atom is 0.00651 e. The third kappa shape index (κ3) is 1.26. The van der Waals surface area contributed by atoms with Crippen LogP contribution in [-0.2, 0) is 0 Å². The van der Waals surface area contributed by atoms with Gasteiger partial charge in [0, 0.05) is 5.33 Å². The van der Waals surface area contributed by atoms with E-state index >= 15 is 0 Å². The molecular formula is C10H17Br. The zero-order valence-corrected chi connectivity index (χ0v) is 8.86. The predicted octanol–water partition coefficient (Wildman–Crippen LogP) is 3.60. The molecule has 0 bridgehead atoms. The second-order valence-corrected chi connectivity index (χ2v) is 5.08. The van der Waals surface area contributed by atoms with Crippen LogP contribution in [0.2, 0.25) is 0 Å². The number of hydrogen-bond acceptors (Lipinski definition) is 0. The van der Waals surface area contributed by atoms with Crippen molar-refractivity contribution in [3.05, 3.63) is 0 Å². The Balaban J connectivity index is 1.91. The number of rotatable bonds is 2. The van der Waals surface area contributed by atoms with Crippen LogP contribution in [0, 0.1) is 17.3 Å². The summed E-state index contributed by atoms with van der Waals surface area (Å²) in [5.41, 5.74) is 0.837. The fraction of sp³-hybridized carbons (Fsp3) is 1.00. The zero-order chi connectivity index (χ0) is 7.90. The maximum atomic E-state index is 3.60. The van der Waals surface area contributed by atoms with Crippen LogP contribution in [0.15, 0.2) is 0 Å². The van der Waals surface area contributed by atoms with Crippen molar-refractivity contribution in [3.8, 4) is 0 Å². The Bertz CT molecular complexity index is 151. The average Bonchev–Trinajstić information content (AvgIpc) is 2.53. The van der Waals surface area contributed by atoms with Crippen LogP contribution >= 0.6 is 15.9 Å². The van der Waals surface area contributed by atoms with Gasteiger partial charge >= 0.3 is 0 Å². The van der Waals surface area contributed by atoms with E-state index in [4.69, 9.17) is 0 Å². The van der Waals surface area contributed by atoms with Crippen LogP contribution in [0.4, 0.5) is 0 Å². The monoisotopic (exact) mass is 216 g/mol. The molecule has 2 rings (SSSR count). The van der Waals surface area contributed by atoms with Gasteiger partial charge in [-0.3, -0.25) is 0 Å². The smallest absolute Gasteiger partial charge is 0.00651 e. The summed E-state index contributed by atoms with van der Waals surface area (Å²) in [6.07, 6.45) is 7.52. The summed E-state index contributed by atoms with van der Waals surface area (Å²) in [5, 5.41) is 1.25. The van der Waals surface area contributed by atoms with Crippen molar-refractivity contribution < 1.29 is 0 Å². The molecule has 0 aromatic carbocycles. The average molecular weight is 217 g/mol. The first-order valence-electron chi connectivity index (χ1n) is 4.86. The molecule has 0 heterocycles. The van der Waals surface area contributed by atoms with E-state index in [1.54, 1.807) is 6.42 Å². The summed E-state index contributed by atoms with van der Waals surface area (Å²) in [5.74, 6) is 2.11. The molecule has 0 aliphatic heterocycles. The highest BCUT2D eigenvalue weighted by atomic mass is 79.9. The first-order chi connectivity index (χ1) is 5.30. The summed E-state index contributed by atoms with van der Waals surface area (Å²) >= 11 is 3.60. The molecule has 2 aliphatic rings. The second-order valence-electron chi connectivity index (χ2n) is 4.43. The molecule has 2 saturated carbocycles. The Morgan fingerprint density at radius 3 is 2.73 bits per heavy atom. The molecule has 0 amide bonds. The van der Waals surface area contributed by atoms with Gasteiger partial charge in [-0.05, 0) is 42.9 Å². The third-order valence-electron chi connectivity index (χ3n) is 3.87. The Morgan fingerprint density at radius 1 is 1.45 bits per heavy atom. The molecule has 0 aromatic rings. The van der Waals surface area contributed by atoms with E-state index in [1.165, 1.54) is 31.0 Å². The van der Waals surface area contributed by atoms with Gasteiger partial charge in [0.1, 0.15) is 0 Å². The standard InChI is InChI=1S/C10H17Br/c1-2-8-3-4-10(5-8)6-9(10)7-11/h8-9H,2-7H2,1H3. The minimum atomic E-state index is 0.837. The second kappa shape index (κ2) is 2.76. The van der Waals surface area contributed by atoms with Gasteiger partial charge in [-0.1, -0.05) is 29.3 Å². The summed E-state index contributed by atoms with van der Waals surface area (Å²) in [6.45, 7) is 2.34. The van der Waals surface area contributed by atoms with E-state index in [2.05, 4.69) is 22.9 Å². The van der Waals surface area contributed by atoms with Gasteiger partial charge in [0.15, 0.2) is 0 Å². The molecule has 0 N–H and O–H groups in total. The molecule has 0 nitrogen and oxygen atoms in total. The Morgan fingerprint density at radius 2 is 2.27 bits per heavy atom. The first-order valence-corrected chi connectivity index (χ1v) is 5.99. The van der Waals surface area contributed by atoms with Crippen molar-refractivity contribution >= 4 is 15.9 Å². The molecule has 2 aliphatic carbocycles. The molecule has 1 spiro atoms. The quantitative estimate of drug-likeness (QED) is 0.620. The lowest BCUT2D eigenvalue weighted by molar-refractivity contribution is 0.443. The van der Waals surface area contributed by atoms with Crippen LogP contribution in [0.25, 0.3) is 0 Å². The Kier molecular flexibility index (Phi) is 2.03. The van der Waals surface area contributed by atoms with Crippen molar-refractivity contribution in [2.45, 2.75) is 39.0 Å². The fourth-order valence-electron chi connectivity index (χ4n) is 2.83. The number of halogens is 1. The highest BCUT2D eigenvalue weighted by molar-refractivity contribution is 9.09. The molecule has 0 aromatic heterocycles. The van der Waals surface area contributed by atoms with Gasteiger partial charge < -0.3 is 0 Å². The molecule has 3 unspecified atom stereocenters. The van der Waals surface area contributed by atoms with Crippen molar-refractivity contribution in [1.29, 1.82) is 0 Å². The molecule has 1 heteroatoms. The molecule has 64 valence electrons. The third-order valence-corrected chi connectivity index (χ3v) is 4.65. The molecule has 0 radical (unpaired) electrons. The van der Waals surface area contributed by atoms with Crippen LogP contribution in [0.1, 0.15) is 39.0 Å². The first kappa shape index (κ1) is 8.10. The Labute approximate surface area is 77.9 Å². The van der Waals surface area contributed by atoms with E-state index in [9.17, 15) is 0 Å². The Hall–Kier alpha value is 0.480. The lowest BCUT2D eigenvalue weighted by atomic mass is 9.99. The largest absolute Gasteiger partial charge is 0.0925 e. The molecule has 11 heavy (non-hydrogen) atoms. The topological polar surface area (TPSA) is 0 Å². The lowest BCUT2D eigenvalue weighted by Crippen LogP contribution is -1.99. The van der Waals surface area contributed by atoms with E-state index in [0.29, 0.717) is 0 Å². The van der Waals surface area contributed by atoms with Crippen molar-refractivity contribution in [3.63, 3.8) is 0 Å². The normalized spacial score (nSPS) is 48.5. The minimum Gasteiger partial charge on any atom is -0.0925 e. The molecular weight excluding hydrogens is 200 g/mol. The predicted molar refractivity (Wildman–Crippen MR) is 52.0 cm³/mol. The van der Waals surface area contributed by atoms with E-state index in [-0.39, 0.29) is 0 Å². The summed E-state index contributed by atoms with van der Waals surface area (Å²) in [6, 6.07) is 0. The van der Waals surface area contributed by atoms with Gasteiger partial charge in [0.05, 0.1) is 0 Å². The maximum absolute atomic E-state index is 3.60. The highest BCUT2D eigenvalue weighted by Crippen LogP contribution is 2.64. The van der Waals surface area contributed by atoms with Gasteiger partial charge in [-0.2, -0.15) is 0 Å². The van der Waals surface area contributed by atoms with E-state index in [0.717, 1.165) is 17.3 Å². The van der Waals surface area contributed by atoms with E-state index < -0.39 is 0 Å². The van der Waals surface area contributed by atoms with Gasteiger partial charge in [0.2, 0.25) is 0 Å². The van der Waals surface area contributed by atoms with Gasteiger partial charge in [-0.25, -0.2) is 0 Å². The number of alkyl halides is 1. The van der Waals surface area contributed by atoms with Crippen LogP contribution < -0.4 is 0 Å². The van der Waals surface area contributed by atoms with Crippen molar-refractivity contribution in [2.75, 3.05) is 5.33 Å². The van der Waals surface area contributed by atoms with Gasteiger partial charge in [0.25, 0.3) is 0 Å². The van der Waals surface area contributed by atoms with Gasteiger partial charge in [-0.15, -0.1) is 0 Å².